The Morgan fingerprint density at radius 3 is 2.25 bits per heavy atom. The fourth-order valence-corrected chi connectivity index (χ4v) is 3.71. The molecule has 0 amide bonds. The second kappa shape index (κ2) is 13.3. The Balaban J connectivity index is 0.00000729. The molecule has 1 rings (SSSR count). The molecule has 0 bridgehead atoms. The number of nitrogens with zero attached hydrogens (tertiary/aromatic N) is 2. The predicted octanol–water partition coefficient (Wildman–Crippen LogP) is 2.14. The lowest BCUT2D eigenvalue weighted by Gasteiger charge is -2.30. The third-order valence-corrected chi connectivity index (χ3v) is 5.67. The minimum atomic E-state index is -3.27. The van der Waals surface area contributed by atoms with Crippen LogP contribution in [0.15, 0.2) is 29.3 Å². The van der Waals surface area contributed by atoms with E-state index in [1.54, 1.807) is 7.05 Å². The van der Waals surface area contributed by atoms with Crippen LogP contribution < -0.4 is 15.4 Å². The second-order valence-electron chi connectivity index (χ2n) is 7.06. The number of rotatable bonds is 10. The van der Waals surface area contributed by atoms with Gasteiger partial charge in [0.05, 0.1) is 5.75 Å². The van der Waals surface area contributed by atoms with E-state index in [2.05, 4.69) is 52.9 Å². The van der Waals surface area contributed by atoms with Crippen LogP contribution in [0.2, 0.25) is 0 Å². The quantitative estimate of drug-likeness (QED) is 0.248. The molecule has 1 aromatic rings. The van der Waals surface area contributed by atoms with E-state index < -0.39 is 10.0 Å². The molecule has 0 spiro atoms. The normalized spacial score (nSPS) is 12.4. The zero-order chi connectivity index (χ0) is 20.4. The van der Waals surface area contributed by atoms with Gasteiger partial charge in [0.15, 0.2) is 5.96 Å². The molecule has 0 unspecified atom stereocenters. The Morgan fingerprint density at radius 2 is 1.71 bits per heavy atom. The number of nitrogens with one attached hydrogen (secondary N) is 3. The Labute approximate surface area is 187 Å². The maximum absolute atomic E-state index is 11.7. The first-order chi connectivity index (χ1) is 12.7. The highest BCUT2D eigenvalue weighted by Gasteiger charge is 2.13. The molecule has 162 valence electrons. The summed E-state index contributed by atoms with van der Waals surface area (Å²) >= 11 is 0. The minimum absolute atomic E-state index is 0. The fourth-order valence-electron chi connectivity index (χ4n) is 2.94. The first kappa shape index (κ1) is 27.1. The monoisotopic (exact) mass is 525 g/mol. The summed E-state index contributed by atoms with van der Waals surface area (Å²) in [5, 5.41) is 6.61. The molecular formula is C19H36IN5O2S. The number of halogens is 1. The standard InChI is InChI=1S/C19H35N5O2S.HI/c1-15(2)24(16(3)4)11-10-22-19(20-5)23-13-17-8-7-9-18(12-17)14-27(25,26)21-6;/h7-9,12,15-16,21H,10-11,13-14H2,1-6H3,(H2,20,22,23);1H. The summed E-state index contributed by atoms with van der Waals surface area (Å²) < 4.78 is 25.7. The summed E-state index contributed by atoms with van der Waals surface area (Å²) in [7, 11) is -0.100. The van der Waals surface area contributed by atoms with Crippen molar-refractivity contribution in [2.24, 2.45) is 4.99 Å². The molecule has 0 aromatic heterocycles. The Kier molecular flexibility index (Phi) is 12.9. The molecule has 1 aromatic carbocycles. The van der Waals surface area contributed by atoms with E-state index >= 15 is 0 Å². The smallest absolute Gasteiger partial charge is 0.215 e. The van der Waals surface area contributed by atoms with Crippen molar-refractivity contribution in [3.05, 3.63) is 35.4 Å². The molecule has 28 heavy (non-hydrogen) atoms. The molecule has 0 saturated carbocycles. The largest absolute Gasteiger partial charge is 0.355 e. The molecule has 0 saturated heterocycles. The first-order valence-electron chi connectivity index (χ1n) is 9.37. The summed E-state index contributed by atoms with van der Waals surface area (Å²) in [6, 6.07) is 8.55. The van der Waals surface area contributed by atoms with Crippen LogP contribution in [0.5, 0.6) is 0 Å². The van der Waals surface area contributed by atoms with Crippen molar-refractivity contribution in [3.63, 3.8) is 0 Å². The van der Waals surface area contributed by atoms with Crippen molar-refractivity contribution < 1.29 is 8.42 Å². The minimum Gasteiger partial charge on any atom is -0.355 e. The van der Waals surface area contributed by atoms with Gasteiger partial charge in [-0.1, -0.05) is 24.3 Å². The molecule has 0 heterocycles. The third kappa shape index (κ3) is 10.0. The molecule has 0 atom stereocenters. The van der Waals surface area contributed by atoms with Crippen LogP contribution in [0, 0.1) is 0 Å². The molecule has 0 aliphatic rings. The molecule has 7 nitrogen and oxygen atoms in total. The predicted molar refractivity (Wildman–Crippen MR) is 129 cm³/mol. The Hall–Kier alpha value is -0.910. The third-order valence-electron chi connectivity index (χ3n) is 4.33. The molecule has 3 N–H and O–H groups in total. The maximum atomic E-state index is 11.7. The Morgan fingerprint density at radius 1 is 1.11 bits per heavy atom. The van der Waals surface area contributed by atoms with Gasteiger partial charge in [0.1, 0.15) is 0 Å². The van der Waals surface area contributed by atoms with Gasteiger partial charge in [-0.15, -0.1) is 24.0 Å². The number of guanidine groups is 1. The lowest BCUT2D eigenvalue weighted by Crippen LogP contribution is -2.45. The number of aliphatic imine (C=N–C) groups is 1. The second-order valence-corrected chi connectivity index (χ2v) is 8.99. The molecule has 0 radical (unpaired) electrons. The topological polar surface area (TPSA) is 85.8 Å². The summed E-state index contributed by atoms with van der Waals surface area (Å²) in [4.78, 5) is 6.68. The van der Waals surface area contributed by atoms with Gasteiger partial charge in [-0.05, 0) is 45.9 Å². The van der Waals surface area contributed by atoms with Gasteiger partial charge in [-0.2, -0.15) is 0 Å². The van der Waals surface area contributed by atoms with Crippen LogP contribution in [-0.4, -0.2) is 58.5 Å². The van der Waals surface area contributed by atoms with E-state index in [1.807, 2.05) is 24.3 Å². The van der Waals surface area contributed by atoms with Gasteiger partial charge >= 0.3 is 0 Å². The molecule has 0 fully saturated rings. The summed E-state index contributed by atoms with van der Waals surface area (Å²) in [5.74, 6) is 0.709. The van der Waals surface area contributed by atoms with E-state index in [0.717, 1.165) is 30.2 Å². The molecule has 0 aliphatic carbocycles. The fraction of sp³-hybridized carbons (Fsp3) is 0.632. The highest BCUT2D eigenvalue weighted by Crippen LogP contribution is 2.08. The molecular weight excluding hydrogens is 489 g/mol. The van der Waals surface area contributed by atoms with Crippen molar-refractivity contribution in [2.75, 3.05) is 27.2 Å². The van der Waals surface area contributed by atoms with Gasteiger partial charge in [-0.25, -0.2) is 13.1 Å². The maximum Gasteiger partial charge on any atom is 0.215 e. The van der Waals surface area contributed by atoms with Crippen molar-refractivity contribution in [1.82, 2.24) is 20.3 Å². The molecule has 0 aliphatic heterocycles. The zero-order valence-electron chi connectivity index (χ0n) is 17.8. The lowest BCUT2D eigenvalue weighted by atomic mass is 10.1. The average Bonchev–Trinajstić information content (AvgIpc) is 2.60. The van der Waals surface area contributed by atoms with Crippen LogP contribution >= 0.6 is 24.0 Å². The van der Waals surface area contributed by atoms with Crippen LogP contribution in [-0.2, 0) is 22.3 Å². The van der Waals surface area contributed by atoms with E-state index in [-0.39, 0.29) is 29.7 Å². The Bertz CT molecular complexity index is 700. The number of hydrogen-bond acceptors (Lipinski definition) is 4. The highest BCUT2D eigenvalue weighted by molar-refractivity contribution is 14.0. The van der Waals surface area contributed by atoms with Crippen LogP contribution in [0.4, 0.5) is 0 Å². The molecule has 9 heteroatoms. The summed E-state index contributed by atoms with van der Waals surface area (Å²) in [6.45, 7) is 11.1. The highest BCUT2D eigenvalue weighted by atomic mass is 127. The number of hydrogen-bond donors (Lipinski definition) is 3. The van der Waals surface area contributed by atoms with Crippen molar-refractivity contribution in [1.29, 1.82) is 0 Å². The van der Waals surface area contributed by atoms with Gasteiger partial charge < -0.3 is 10.6 Å². The van der Waals surface area contributed by atoms with E-state index in [4.69, 9.17) is 0 Å². The van der Waals surface area contributed by atoms with Crippen molar-refractivity contribution >= 4 is 40.0 Å². The number of benzene rings is 1. The lowest BCUT2D eigenvalue weighted by molar-refractivity contribution is 0.178. The number of sulfonamides is 1. The average molecular weight is 526 g/mol. The van der Waals surface area contributed by atoms with E-state index in [1.165, 1.54) is 7.05 Å². The summed E-state index contributed by atoms with van der Waals surface area (Å²) in [6.07, 6.45) is 0. The summed E-state index contributed by atoms with van der Waals surface area (Å²) in [5.41, 5.74) is 1.77. The van der Waals surface area contributed by atoms with Crippen LogP contribution in [0.3, 0.4) is 0 Å². The van der Waals surface area contributed by atoms with Gasteiger partial charge in [0, 0.05) is 38.8 Å². The van der Waals surface area contributed by atoms with Crippen LogP contribution in [0.25, 0.3) is 0 Å². The van der Waals surface area contributed by atoms with Gasteiger partial charge in [0.2, 0.25) is 10.0 Å². The van der Waals surface area contributed by atoms with E-state index in [0.29, 0.717) is 18.6 Å². The van der Waals surface area contributed by atoms with E-state index in [9.17, 15) is 8.42 Å². The SMILES string of the molecule is CN=C(NCCN(C(C)C)C(C)C)NCc1cccc(CS(=O)(=O)NC)c1.I. The van der Waals surface area contributed by atoms with Crippen molar-refractivity contribution in [2.45, 2.75) is 52.1 Å². The first-order valence-corrected chi connectivity index (χ1v) is 11.0. The van der Waals surface area contributed by atoms with Gasteiger partial charge in [0.25, 0.3) is 0 Å². The van der Waals surface area contributed by atoms with Gasteiger partial charge in [-0.3, -0.25) is 9.89 Å². The van der Waals surface area contributed by atoms with Crippen molar-refractivity contribution in [3.8, 4) is 0 Å². The van der Waals surface area contributed by atoms with Crippen LogP contribution in [0.1, 0.15) is 38.8 Å². The zero-order valence-corrected chi connectivity index (χ0v) is 21.0.